The van der Waals surface area contributed by atoms with Crippen molar-refractivity contribution >= 4 is 11.6 Å². The lowest BCUT2D eigenvalue weighted by Gasteiger charge is -2.17. The van der Waals surface area contributed by atoms with Crippen molar-refractivity contribution in [3.63, 3.8) is 0 Å². The smallest absolute Gasteiger partial charge is 0.128 e. The van der Waals surface area contributed by atoms with E-state index >= 15 is 0 Å². The maximum Gasteiger partial charge on any atom is 0.128 e. The van der Waals surface area contributed by atoms with Crippen molar-refractivity contribution in [3.05, 3.63) is 46.8 Å². The summed E-state index contributed by atoms with van der Waals surface area (Å²) in [6, 6.07) is 4.92. The van der Waals surface area contributed by atoms with Crippen molar-refractivity contribution in [2.24, 2.45) is 0 Å². The maximum absolute atomic E-state index is 13.8. The highest BCUT2D eigenvalue weighted by Gasteiger charge is 2.16. The average Bonchev–Trinajstić information content (AvgIpc) is 2.29. The second-order valence-corrected chi connectivity index (χ2v) is 4.64. The van der Waals surface area contributed by atoms with Crippen LogP contribution < -0.4 is 0 Å². The van der Waals surface area contributed by atoms with Gasteiger partial charge in [0.05, 0.1) is 0 Å². The lowest BCUT2D eigenvalue weighted by atomic mass is 9.90. The molecule has 0 aliphatic heterocycles. The van der Waals surface area contributed by atoms with Crippen LogP contribution in [0.3, 0.4) is 0 Å². The van der Waals surface area contributed by atoms with Gasteiger partial charge in [-0.15, -0.1) is 0 Å². The summed E-state index contributed by atoms with van der Waals surface area (Å²) in [4.78, 5) is 0. The largest absolute Gasteiger partial charge is 0.207 e. The Labute approximate surface area is 108 Å². The number of rotatable bonds is 6. The summed E-state index contributed by atoms with van der Waals surface area (Å²) in [5.41, 5.74) is 0.678. The summed E-state index contributed by atoms with van der Waals surface area (Å²) in [5.74, 6) is 0.0114. The predicted octanol–water partition coefficient (Wildman–Crippen LogP) is 5.72. The van der Waals surface area contributed by atoms with Gasteiger partial charge in [0.15, 0.2) is 0 Å². The van der Waals surface area contributed by atoms with Crippen LogP contribution in [0.2, 0.25) is 5.02 Å². The summed E-state index contributed by atoms with van der Waals surface area (Å²) in [7, 11) is 0. The van der Waals surface area contributed by atoms with Crippen molar-refractivity contribution in [1.82, 2.24) is 0 Å². The first-order valence-corrected chi connectivity index (χ1v) is 6.67. The normalized spacial score (nSPS) is 13.2. The molecule has 1 aromatic carbocycles. The van der Waals surface area contributed by atoms with E-state index in [0.29, 0.717) is 10.6 Å². The summed E-state index contributed by atoms with van der Waals surface area (Å²) in [6.45, 7) is 4.21. The van der Waals surface area contributed by atoms with Crippen molar-refractivity contribution < 1.29 is 4.39 Å². The maximum atomic E-state index is 13.8. The van der Waals surface area contributed by atoms with Crippen LogP contribution in [0, 0.1) is 5.82 Å². The highest BCUT2D eigenvalue weighted by molar-refractivity contribution is 6.31. The number of hydrogen-bond acceptors (Lipinski definition) is 0. The van der Waals surface area contributed by atoms with E-state index in [0.717, 1.165) is 25.7 Å². The quantitative estimate of drug-likeness (QED) is 0.570. The first-order valence-electron chi connectivity index (χ1n) is 6.29. The molecule has 17 heavy (non-hydrogen) atoms. The molecular formula is C15H20ClF. The predicted molar refractivity (Wildman–Crippen MR) is 73.1 cm³/mol. The molecule has 0 bridgehead atoms. The fourth-order valence-corrected chi connectivity index (χ4v) is 2.37. The summed E-state index contributed by atoms with van der Waals surface area (Å²) >= 11 is 6.11. The molecule has 0 aliphatic carbocycles. The van der Waals surface area contributed by atoms with E-state index < -0.39 is 0 Å². The van der Waals surface area contributed by atoms with Crippen LogP contribution in [0.1, 0.15) is 51.0 Å². The van der Waals surface area contributed by atoms with Gasteiger partial charge in [0.2, 0.25) is 0 Å². The number of benzene rings is 1. The molecule has 1 unspecified atom stereocenters. The Morgan fingerprint density at radius 1 is 1.29 bits per heavy atom. The molecular weight excluding hydrogens is 235 g/mol. The van der Waals surface area contributed by atoms with Crippen LogP contribution in [0.15, 0.2) is 30.4 Å². The van der Waals surface area contributed by atoms with E-state index in [9.17, 15) is 4.39 Å². The molecule has 94 valence electrons. The molecule has 0 aromatic heterocycles. The van der Waals surface area contributed by atoms with E-state index in [4.69, 9.17) is 11.6 Å². The topological polar surface area (TPSA) is 0 Å². The van der Waals surface area contributed by atoms with Crippen molar-refractivity contribution in [3.8, 4) is 0 Å². The van der Waals surface area contributed by atoms with E-state index in [1.165, 1.54) is 6.07 Å². The van der Waals surface area contributed by atoms with Crippen molar-refractivity contribution in [2.45, 2.75) is 45.4 Å². The van der Waals surface area contributed by atoms with Crippen LogP contribution >= 0.6 is 11.6 Å². The molecule has 0 saturated carbocycles. The minimum atomic E-state index is -0.180. The van der Waals surface area contributed by atoms with E-state index in [1.54, 1.807) is 12.1 Å². The Hall–Kier alpha value is -0.820. The first-order chi connectivity index (χ1) is 8.20. The Kier molecular flexibility index (Phi) is 6.28. The Bertz CT molecular complexity index is 351. The fraction of sp³-hybridized carbons (Fsp3) is 0.467. The highest BCUT2D eigenvalue weighted by atomic mass is 35.5. The molecule has 0 saturated heterocycles. The van der Waals surface area contributed by atoms with E-state index in [-0.39, 0.29) is 11.7 Å². The Morgan fingerprint density at radius 3 is 2.65 bits per heavy atom. The molecule has 0 spiro atoms. The minimum Gasteiger partial charge on any atom is -0.207 e. The van der Waals surface area contributed by atoms with Gasteiger partial charge < -0.3 is 0 Å². The fourth-order valence-electron chi connectivity index (χ4n) is 2.06. The van der Waals surface area contributed by atoms with E-state index in [2.05, 4.69) is 26.0 Å². The molecule has 1 rings (SSSR count). The zero-order valence-corrected chi connectivity index (χ0v) is 11.3. The molecule has 1 atom stereocenters. The summed E-state index contributed by atoms with van der Waals surface area (Å²) in [6.07, 6.45) is 8.14. The Balaban J connectivity index is 2.92. The van der Waals surface area contributed by atoms with Gasteiger partial charge in [-0.3, -0.25) is 0 Å². The van der Waals surface area contributed by atoms with Crippen molar-refractivity contribution in [2.75, 3.05) is 0 Å². The minimum absolute atomic E-state index is 0.180. The third-order valence-electron chi connectivity index (χ3n) is 2.87. The monoisotopic (exact) mass is 254 g/mol. The third-order valence-corrected chi connectivity index (χ3v) is 3.20. The number of hydrogen-bond donors (Lipinski definition) is 0. The Morgan fingerprint density at radius 2 is 2.06 bits per heavy atom. The zero-order valence-electron chi connectivity index (χ0n) is 10.5. The van der Waals surface area contributed by atoms with Crippen LogP contribution in [0.25, 0.3) is 0 Å². The second kappa shape index (κ2) is 7.50. The molecule has 0 fully saturated rings. The van der Waals surface area contributed by atoms with Gasteiger partial charge in [-0.25, -0.2) is 4.39 Å². The molecule has 0 aliphatic rings. The third kappa shape index (κ3) is 4.16. The standard InChI is InChI=1S/C15H20ClF/c1-3-5-6-9-12(8-4-2)15-13(16)10-7-11-14(15)17/h5-7,10-12H,3-4,8-9H2,1-2H3/b6-5-. The van der Waals surface area contributed by atoms with Crippen LogP contribution in [-0.2, 0) is 0 Å². The van der Waals surface area contributed by atoms with Gasteiger partial charge in [-0.2, -0.15) is 0 Å². The first kappa shape index (κ1) is 14.2. The van der Waals surface area contributed by atoms with Gasteiger partial charge in [0.25, 0.3) is 0 Å². The van der Waals surface area contributed by atoms with Gasteiger partial charge in [-0.05, 0) is 37.3 Å². The van der Waals surface area contributed by atoms with Gasteiger partial charge in [-0.1, -0.05) is 50.1 Å². The number of halogens is 2. The lowest BCUT2D eigenvalue weighted by Crippen LogP contribution is -2.02. The second-order valence-electron chi connectivity index (χ2n) is 4.24. The zero-order chi connectivity index (χ0) is 12.7. The highest BCUT2D eigenvalue weighted by Crippen LogP contribution is 2.33. The molecule has 0 radical (unpaired) electrons. The molecule has 2 heteroatoms. The average molecular weight is 255 g/mol. The number of allylic oxidation sites excluding steroid dienone is 2. The summed E-state index contributed by atoms with van der Waals surface area (Å²) in [5, 5.41) is 0.549. The summed E-state index contributed by atoms with van der Waals surface area (Å²) < 4.78 is 13.8. The van der Waals surface area contributed by atoms with E-state index in [1.807, 2.05) is 0 Å². The molecule has 0 heterocycles. The molecule has 0 amide bonds. The molecule has 1 aromatic rings. The van der Waals surface area contributed by atoms with Crippen LogP contribution in [-0.4, -0.2) is 0 Å². The van der Waals surface area contributed by atoms with Crippen LogP contribution in [0.4, 0.5) is 4.39 Å². The lowest BCUT2D eigenvalue weighted by molar-refractivity contribution is 0.552. The molecule has 0 nitrogen and oxygen atoms in total. The van der Waals surface area contributed by atoms with Gasteiger partial charge >= 0.3 is 0 Å². The van der Waals surface area contributed by atoms with Crippen LogP contribution in [0.5, 0.6) is 0 Å². The van der Waals surface area contributed by atoms with Gasteiger partial charge in [0, 0.05) is 10.6 Å². The van der Waals surface area contributed by atoms with Crippen molar-refractivity contribution in [1.29, 1.82) is 0 Å². The SMILES string of the molecule is CC/C=C\CC(CCC)c1c(F)cccc1Cl. The molecule has 0 N–H and O–H groups in total. The van der Waals surface area contributed by atoms with Gasteiger partial charge in [0.1, 0.15) is 5.82 Å².